The number of allylic oxidation sites excluding steroid dienone is 4. The van der Waals surface area contributed by atoms with Gasteiger partial charge in [0.05, 0.1) is 0 Å². The van der Waals surface area contributed by atoms with Crippen molar-refractivity contribution in [2.24, 2.45) is 5.92 Å². The molecule has 0 spiro atoms. The first-order valence-corrected chi connectivity index (χ1v) is 6.62. The largest absolute Gasteiger partial charge is 0.0810 e. The molecule has 1 atom stereocenters. The van der Waals surface area contributed by atoms with Crippen LogP contribution in [-0.4, -0.2) is 0 Å². The fraction of sp³-hybridized carbons (Fsp3) is 0.733. The molecule has 85 valence electrons. The van der Waals surface area contributed by atoms with Gasteiger partial charge < -0.3 is 0 Å². The second kappa shape index (κ2) is 7.73. The second-order valence-electron chi connectivity index (χ2n) is 4.66. The minimum Gasteiger partial charge on any atom is -0.0810 e. The quantitative estimate of drug-likeness (QED) is 0.601. The van der Waals surface area contributed by atoms with Gasteiger partial charge in [-0.25, -0.2) is 0 Å². The van der Waals surface area contributed by atoms with E-state index in [1.54, 1.807) is 0 Å². The first kappa shape index (κ1) is 12.5. The Balaban J connectivity index is 2.53. The monoisotopic (exact) mass is 205 g/mol. The summed E-state index contributed by atoms with van der Waals surface area (Å²) >= 11 is 0. The van der Waals surface area contributed by atoms with E-state index < -0.39 is 0 Å². The Bertz CT molecular complexity index is 210. The van der Waals surface area contributed by atoms with Crippen molar-refractivity contribution in [1.29, 1.82) is 0 Å². The van der Waals surface area contributed by atoms with Crippen LogP contribution in [-0.2, 0) is 0 Å². The Morgan fingerprint density at radius 2 is 2.20 bits per heavy atom. The van der Waals surface area contributed by atoms with Crippen molar-refractivity contribution < 1.29 is 0 Å². The maximum Gasteiger partial charge on any atom is -0.0276 e. The van der Waals surface area contributed by atoms with Gasteiger partial charge >= 0.3 is 0 Å². The third-order valence-electron chi connectivity index (χ3n) is 3.17. The molecule has 0 heteroatoms. The van der Waals surface area contributed by atoms with Crippen LogP contribution in [0.3, 0.4) is 0 Å². The molecule has 1 rings (SSSR count). The fourth-order valence-corrected chi connectivity index (χ4v) is 2.32. The highest BCUT2D eigenvalue weighted by Gasteiger charge is 2.07. The summed E-state index contributed by atoms with van der Waals surface area (Å²) < 4.78 is 0. The SMILES string of the molecule is CCCC1=CCC(CCC)CCC[C]=C1. The number of rotatable bonds is 4. The third kappa shape index (κ3) is 5.20. The van der Waals surface area contributed by atoms with Crippen molar-refractivity contribution >= 4 is 0 Å². The lowest BCUT2D eigenvalue weighted by atomic mass is 9.93. The van der Waals surface area contributed by atoms with Crippen molar-refractivity contribution in [1.82, 2.24) is 0 Å². The van der Waals surface area contributed by atoms with E-state index in [1.807, 2.05) is 0 Å². The van der Waals surface area contributed by atoms with Crippen LogP contribution in [0.1, 0.15) is 65.2 Å². The molecule has 0 nitrogen and oxygen atoms in total. The van der Waals surface area contributed by atoms with Gasteiger partial charge in [-0.3, -0.25) is 0 Å². The van der Waals surface area contributed by atoms with E-state index in [4.69, 9.17) is 0 Å². The Kier molecular flexibility index (Phi) is 6.47. The molecule has 0 bridgehead atoms. The maximum absolute atomic E-state index is 3.43. The predicted octanol–water partition coefficient (Wildman–Crippen LogP) is 5.06. The summed E-state index contributed by atoms with van der Waals surface area (Å²) in [6.07, 6.45) is 18.5. The molecule has 1 radical (unpaired) electrons. The molecule has 1 unspecified atom stereocenters. The van der Waals surface area contributed by atoms with Crippen molar-refractivity contribution in [2.75, 3.05) is 0 Å². The van der Waals surface area contributed by atoms with E-state index in [1.165, 1.54) is 50.5 Å². The molecule has 15 heavy (non-hydrogen) atoms. The molecular formula is C15H25. The van der Waals surface area contributed by atoms with E-state index in [0.717, 1.165) is 12.3 Å². The molecular weight excluding hydrogens is 180 g/mol. The zero-order chi connectivity index (χ0) is 10.9. The molecule has 1 aliphatic carbocycles. The first-order chi connectivity index (χ1) is 7.36. The lowest BCUT2D eigenvalue weighted by Gasteiger charge is -2.13. The van der Waals surface area contributed by atoms with Gasteiger partial charge in [0, 0.05) is 0 Å². The summed E-state index contributed by atoms with van der Waals surface area (Å²) in [4.78, 5) is 0. The summed E-state index contributed by atoms with van der Waals surface area (Å²) in [6.45, 7) is 4.55. The van der Waals surface area contributed by atoms with E-state index in [9.17, 15) is 0 Å². The van der Waals surface area contributed by atoms with E-state index in [-0.39, 0.29) is 0 Å². The molecule has 0 saturated heterocycles. The van der Waals surface area contributed by atoms with Gasteiger partial charge in [-0.15, -0.1) is 0 Å². The Morgan fingerprint density at radius 1 is 1.33 bits per heavy atom. The number of hydrogen-bond acceptors (Lipinski definition) is 0. The Morgan fingerprint density at radius 3 is 2.93 bits per heavy atom. The minimum atomic E-state index is 0.926. The van der Waals surface area contributed by atoms with Crippen molar-refractivity contribution in [3.8, 4) is 0 Å². The highest BCUT2D eigenvalue weighted by molar-refractivity contribution is 5.17. The fourth-order valence-electron chi connectivity index (χ4n) is 2.32. The van der Waals surface area contributed by atoms with Crippen LogP contribution >= 0.6 is 0 Å². The van der Waals surface area contributed by atoms with Gasteiger partial charge in [0.25, 0.3) is 0 Å². The minimum absolute atomic E-state index is 0.926. The van der Waals surface area contributed by atoms with E-state index in [2.05, 4.69) is 32.1 Å². The lowest BCUT2D eigenvalue weighted by molar-refractivity contribution is 0.437. The van der Waals surface area contributed by atoms with Crippen LogP contribution in [0, 0.1) is 12.0 Å². The van der Waals surface area contributed by atoms with Crippen LogP contribution in [0.2, 0.25) is 0 Å². The smallest absolute Gasteiger partial charge is 0.0276 e. The lowest BCUT2D eigenvalue weighted by Crippen LogP contribution is -1.98. The zero-order valence-electron chi connectivity index (χ0n) is 10.4. The van der Waals surface area contributed by atoms with Crippen LogP contribution in [0.5, 0.6) is 0 Å². The highest BCUT2D eigenvalue weighted by Crippen LogP contribution is 2.23. The predicted molar refractivity (Wildman–Crippen MR) is 67.7 cm³/mol. The maximum atomic E-state index is 3.43. The van der Waals surface area contributed by atoms with E-state index >= 15 is 0 Å². The van der Waals surface area contributed by atoms with Crippen molar-refractivity contribution in [3.63, 3.8) is 0 Å². The zero-order valence-corrected chi connectivity index (χ0v) is 10.4. The van der Waals surface area contributed by atoms with Gasteiger partial charge in [0.1, 0.15) is 0 Å². The summed E-state index contributed by atoms with van der Waals surface area (Å²) in [5.41, 5.74) is 1.51. The molecule has 0 N–H and O–H groups in total. The van der Waals surface area contributed by atoms with Crippen LogP contribution < -0.4 is 0 Å². The Hall–Kier alpha value is -0.520. The average molecular weight is 205 g/mol. The summed E-state index contributed by atoms with van der Waals surface area (Å²) in [5.74, 6) is 0.926. The van der Waals surface area contributed by atoms with Gasteiger partial charge in [-0.2, -0.15) is 0 Å². The molecule has 1 aliphatic rings. The molecule has 0 fully saturated rings. The van der Waals surface area contributed by atoms with Gasteiger partial charge in [-0.1, -0.05) is 50.8 Å². The van der Waals surface area contributed by atoms with E-state index in [0.29, 0.717) is 0 Å². The Labute approximate surface area is 95.5 Å². The van der Waals surface area contributed by atoms with Crippen LogP contribution in [0.4, 0.5) is 0 Å². The van der Waals surface area contributed by atoms with Crippen molar-refractivity contribution in [3.05, 3.63) is 23.8 Å². The van der Waals surface area contributed by atoms with Crippen LogP contribution in [0.25, 0.3) is 0 Å². The molecule has 0 saturated carbocycles. The summed E-state index contributed by atoms with van der Waals surface area (Å²) in [6, 6.07) is 0. The first-order valence-electron chi connectivity index (χ1n) is 6.62. The van der Waals surface area contributed by atoms with Gasteiger partial charge in [0.15, 0.2) is 0 Å². The molecule has 0 heterocycles. The topological polar surface area (TPSA) is 0 Å². The average Bonchev–Trinajstić information content (AvgIpc) is 2.33. The molecule has 0 aromatic rings. The molecule has 0 aromatic heterocycles. The number of hydrogen-bond donors (Lipinski definition) is 0. The third-order valence-corrected chi connectivity index (χ3v) is 3.17. The second-order valence-corrected chi connectivity index (χ2v) is 4.66. The van der Waals surface area contributed by atoms with Gasteiger partial charge in [0.2, 0.25) is 0 Å². The highest BCUT2D eigenvalue weighted by atomic mass is 14.1. The molecule has 0 amide bonds. The normalized spacial score (nSPS) is 22.8. The summed E-state index contributed by atoms with van der Waals surface area (Å²) in [5, 5.41) is 0. The molecule has 0 aliphatic heterocycles. The summed E-state index contributed by atoms with van der Waals surface area (Å²) in [7, 11) is 0. The molecule has 0 aromatic carbocycles. The standard InChI is InChI=1S/C15H25/c1-3-8-14-10-6-5-7-11-15(9-4-2)13-12-14/h11,13-14H,3-6,8-10,12H2,1-2H3. The van der Waals surface area contributed by atoms with Gasteiger partial charge in [-0.05, 0) is 44.1 Å². The van der Waals surface area contributed by atoms with Crippen molar-refractivity contribution in [2.45, 2.75) is 65.2 Å². The van der Waals surface area contributed by atoms with Crippen LogP contribution in [0.15, 0.2) is 17.7 Å².